The number of hydrogen-bond donors (Lipinski definition) is 0. The predicted molar refractivity (Wildman–Crippen MR) is 127 cm³/mol. The van der Waals surface area contributed by atoms with Crippen LogP contribution in [0.25, 0.3) is 22.2 Å². The van der Waals surface area contributed by atoms with Crippen LogP contribution in [0.5, 0.6) is 5.75 Å². The molecule has 1 aromatic carbocycles. The zero-order valence-corrected chi connectivity index (χ0v) is 19.4. The molecule has 1 saturated heterocycles. The summed E-state index contributed by atoms with van der Waals surface area (Å²) in [5.74, 6) is 3.27. The van der Waals surface area contributed by atoms with E-state index in [0.717, 1.165) is 83.4 Å². The number of likely N-dealkylation sites (tertiary alicyclic amines) is 1. The molecule has 2 aliphatic rings. The topological polar surface area (TPSA) is 69.2 Å². The Morgan fingerprint density at radius 2 is 1.94 bits per heavy atom. The maximum Gasteiger partial charge on any atom is 0.153 e. The summed E-state index contributed by atoms with van der Waals surface area (Å²) in [7, 11) is 0. The molecule has 0 spiro atoms. The van der Waals surface area contributed by atoms with E-state index in [0.29, 0.717) is 12.5 Å². The van der Waals surface area contributed by atoms with Gasteiger partial charge >= 0.3 is 0 Å². The largest absolute Gasteiger partial charge is 0.488 e. The zero-order valence-electron chi connectivity index (χ0n) is 19.4. The molecule has 7 heteroatoms. The highest BCUT2D eigenvalue weighted by molar-refractivity contribution is 5.93. The standard InChI is InChI=1S/C26H29N5O2/c1-4-30-13-10-18(11-14-30)26-28-21-9-8-19(23-16(2)29-33-17(23)3)25-24(21)31(26)22(15-32-25)20-7-5-6-12-27-20/h5-9,12,18,22H,4,10-11,13-15H2,1-3H3/t22-/m1/s1. The molecule has 1 atom stereocenters. The number of pyridine rings is 1. The first-order valence-electron chi connectivity index (χ1n) is 11.9. The highest BCUT2D eigenvalue weighted by Crippen LogP contribution is 2.46. The van der Waals surface area contributed by atoms with Gasteiger partial charge in [0.05, 0.1) is 22.5 Å². The molecule has 0 saturated carbocycles. The Morgan fingerprint density at radius 3 is 2.64 bits per heavy atom. The molecule has 0 amide bonds. The molecular formula is C26H29N5O2. The van der Waals surface area contributed by atoms with E-state index in [2.05, 4.69) is 39.7 Å². The molecule has 2 aliphatic heterocycles. The summed E-state index contributed by atoms with van der Waals surface area (Å²) in [5.41, 5.74) is 5.95. The van der Waals surface area contributed by atoms with Gasteiger partial charge in [-0.1, -0.05) is 18.1 Å². The Kier molecular flexibility index (Phi) is 4.94. The van der Waals surface area contributed by atoms with Crippen molar-refractivity contribution in [2.45, 2.75) is 45.6 Å². The lowest BCUT2D eigenvalue weighted by atomic mass is 9.95. The number of aromatic nitrogens is 4. The number of imidazole rings is 1. The number of aryl methyl sites for hydroxylation is 2. The van der Waals surface area contributed by atoms with Crippen LogP contribution in [0.1, 0.15) is 54.7 Å². The Balaban J connectivity index is 1.56. The third-order valence-electron chi connectivity index (χ3n) is 7.26. The van der Waals surface area contributed by atoms with Crippen molar-refractivity contribution in [1.29, 1.82) is 0 Å². The van der Waals surface area contributed by atoms with E-state index in [4.69, 9.17) is 19.2 Å². The van der Waals surface area contributed by atoms with Gasteiger partial charge in [-0.25, -0.2) is 4.98 Å². The van der Waals surface area contributed by atoms with Crippen molar-refractivity contribution in [2.75, 3.05) is 26.2 Å². The summed E-state index contributed by atoms with van der Waals surface area (Å²) in [4.78, 5) is 12.4. The molecular weight excluding hydrogens is 414 g/mol. The van der Waals surface area contributed by atoms with E-state index < -0.39 is 0 Å². The van der Waals surface area contributed by atoms with Gasteiger partial charge in [0.25, 0.3) is 0 Å². The van der Waals surface area contributed by atoms with E-state index in [1.165, 1.54) is 0 Å². The molecule has 0 radical (unpaired) electrons. The monoisotopic (exact) mass is 443 g/mol. The molecule has 7 nitrogen and oxygen atoms in total. The van der Waals surface area contributed by atoms with Gasteiger partial charge in [-0.3, -0.25) is 4.98 Å². The molecule has 0 aliphatic carbocycles. The Bertz CT molecular complexity index is 1280. The van der Waals surface area contributed by atoms with Crippen LogP contribution in [0.3, 0.4) is 0 Å². The zero-order chi connectivity index (χ0) is 22.5. The number of hydrogen-bond acceptors (Lipinski definition) is 6. The van der Waals surface area contributed by atoms with Crippen LogP contribution >= 0.6 is 0 Å². The molecule has 3 aromatic heterocycles. The minimum atomic E-state index is 0.00261. The van der Waals surface area contributed by atoms with Crippen molar-refractivity contribution in [2.24, 2.45) is 0 Å². The van der Waals surface area contributed by atoms with Crippen molar-refractivity contribution in [3.63, 3.8) is 0 Å². The Labute approximate surface area is 193 Å². The van der Waals surface area contributed by atoms with Crippen molar-refractivity contribution in [3.8, 4) is 16.9 Å². The molecule has 6 rings (SSSR count). The van der Waals surface area contributed by atoms with Gasteiger partial charge in [-0.2, -0.15) is 0 Å². The van der Waals surface area contributed by atoms with Crippen LogP contribution in [-0.4, -0.2) is 50.8 Å². The van der Waals surface area contributed by atoms with E-state index >= 15 is 0 Å². The van der Waals surface area contributed by atoms with Crippen LogP contribution in [0.2, 0.25) is 0 Å². The van der Waals surface area contributed by atoms with Crippen molar-refractivity contribution in [1.82, 2.24) is 24.6 Å². The predicted octanol–water partition coefficient (Wildman–Crippen LogP) is 4.88. The first-order chi connectivity index (χ1) is 16.2. The van der Waals surface area contributed by atoms with E-state index in [-0.39, 0.29) is 6.04 Å². The minimum Gasteiger partial charge on any atom is -0.488 e. The molecule has 170 valence electrons. The second kappa shape index (κ2) is 7.99. The summed E-state index contributed by atoms with van der Waals surface area (Å²) in [5, 5.41) is 4.18. The third-order valence-corrected chi connectivity index (χ3v) is 7.26. The van der Waals surface area contributed by atoms with Crippen molar-refractivity contribution >= 4 is 11.0 Å². The SMILES string of the molecule is CCN1CCC(c2nc3ccc(-c4c(C)noc4C)c4c3n2[C@@H](c2ccccn2)CO4)CC1. The third kappa shape index (κ3) is 3.25. The first-order valence-corrected chi connectivity index (χ1v) is 11.9. The lowest BCUT2D eigenvalue weighted by Gasteiger charge is -2.33. The Hall–Kier alpha value is -3.19. The van der Waals surface area contributed by atoms with E-state index in [1.807, 2.05) is 32.2 Å². The van der Waals surface area contributed by atoms with Gasteiger partial charge in [0.1, 0.15) is 29.8 Å². The van der Waals surface area contributed by atoms with Crippen LogP contribution < -0.4 is 4.74 Å². The highest BCUT2D eigenvalue weighted by Gasteiger charge is 2.34. The van der Waals surface area contributed by atoms with Crippen molar-refractivity contribution in [3.05, 3.63) is 59.5 Å². The average Bonchev–Trinajstić information content (AvgIpc) is 3.41. The number of nitrogens with zero attached hydrogens (tertiary/aromatic N) is 5. The number of ether oxygens (including phenoxy) is 1. The summed E-state index contributed by atoms with van der Waals surface area (Å²) >= 11 is 0. The summed E-state index contributed by atoms with van der Waals surface area (Å²) < 4.78 is 14.4. The first kappa shape index (κ1) is 20.4. The van der Waals surface area contributed by atoms with Crippen LogP contribution in [0.15, 0.2) is 41.1 Å². The Morgan fingerprint density at radius 1 is 1.09 bits per heavy atom. The van der Waals surface area contributed by atoms with Gasteiger partial charge in [-0.05, 0) is 70.6 Å². The smallest absolute Gasteiger partial charge is 0.153 e. The van der Waals surface area contributed by atoms with Crippen molar-refractivity contribution < 1.29 is 9.26 Å². The maximum atomic E-state index is 6.48. The van der Waals surface area contributed by atoms with Crippen LogP contribution in [0.4, 0.5) is 0 Å². The fourth-order valence-electron chi connectivity index (χ4n) is 5.52. The number of benzene rings is 1. The maximum absolute atomic E-state index is 6.48. The van der Waals surface area contributed by atoms with Gasteiger partial charge in [0.2, 0.25) is 0 Å². The van der Waals surface area contributed by atoms with Gasteiger partial charge in [0.15, 0.2) is 5.75 Å². The highest BCUT2D eigenvalue weighted by atomic mass is 16.5. The lowest BCUT2D eigenvalue weighted by molar-refractivity contribution is 0.210. The second-order valence-corrected chi connectivity index (χ2v) is 9.14. The average molecular weight is 444 g/mol. The summed E-state index contributed by atoms with van der Waals surface area (Å²) in [6.07, 6.45) is 4.11. The molecule has 0 N–H and O–H groups in total. The molecule has 33 heavy (non-hydrogen) atoms. The molecule has 5 heterocycles. The molecule has 1 fully saturated rings. The molecule has 0 bridgehead atoms. The normalized spacial score (nSPS) is 19.2. The number of piperidine rings is 1. The van der Waals surface area contributed by atoms with E-state index in [1.54, 1.807) is 0 Å². The fourth-order valence-corrected chi connectivity index (χ4v) is 5.52. The van der Waals surface area contributed by atoms with Crippen LogP contribution in [-0.2, 0) is 0 Å². The summed E-state index contributed by atoms with van der Waals surface area (Å²) in [6, 6.07) is 10.3. The summed E-state index contributed by atoms with van der Waals surface area (Å²) in [6.45, 7) is 10.0. The quantitative estimate of drug-likeness (QED) is 0.448. The van der Waals surface area contributed by atoms with Gasteiger partial charge < -0.3 is 18.7 Å². The van der Waals surface area contributed by atoms with E-state index in [9.17, 15) is 0 Å². The van der Waals surface area contributed by atoms with Crippen LogP contribution in [0, 0.1) is 13.8 Å². The van der Waals surface area contributed by atoms with Gasteiger partial charge in [-0.15, -0.1) is 0 Å². The minimum absolute atomic E-state index is 0.00261. The lowest BCUT2D eigenvalue weighted by Crippen LogP contribution is -2.34. The van der Waals surface area contributed by atoms with Gasteiger partial charge in [0, 0.05) is 17.7 Å². The number of rotatable bonds is 4. The second-order valence-electron chi connectivity index (χ2n) is 9.14. The fraction of sp³-hybridized carbons (Fsp3) is 0.423. The molecule has 0 unspecified atom stereocenters. The molecule has 4 aromatic rings.